The third-order valence-corrected chi connectivity index (χ3v) is 2.61. The Morgan fingerprint density at radius 3 is 3.09 bits per heavy atom. The quantitative estimate of drug-likeness (QED) is 0.567. The van der Waals surface area contributed by atoms with Crippen molar-refractivity contribution in [2.45, 2.75) is 0 Å². The monoisotopic (exact) mass is 229 g/mol. The fraction of sp³-hybridized carbons (Fsp3) is 0. The van der Waals surface area contributed by atoms with Gasteiger partial charge >= 0.3 is 0 Å². The lowest BCUT2D eigenvalue weighted by atomic mass is 10.4. The van der Waals surface area contributed by atoms with Gasteiger partial charge in [-0.3, -0.25) is 0 Å². The Balaban J connectivity index is 2.71. The third kappa shape index (κ3) is 2.80. The fourth-order valence-electron chi connectivity index (χ4n) is 0.557. The molecule has 0 aromatic carbocycles. The highest BCUT2D eigenvalue weighted by Gasteiger charge is 1.90. The summed E-state index contributed by atoms with van der Waals surface area (Å²) < 4.78 is 1.04. The van der Waals surface area contributed by atoms with Gasteiger partial charge in [0, 0.05) is 20.9 Å². The molecule has 0 unspecified atom stereocenters. The van der Waals surface area contributed by atoms with Crippen molar-refractivity contribution in [1.29, 1.82) is 0 Å². The summed E-state index contributed by atoms with van der Waals surface area (Å²) in [5, 5.41) is 1.96. The molecule has 0 radical (unpaired) electrons. The molecule has 0 saturated carbocycles. The molecule has 0 aliphatic rings. The highest BCUT2D eigenvalue weighted by Crippen LogP contribution is 2.20. The normalized spacial score (nSPS) is 9.91. The van der Waals surface area contributed by atoms with Gasteiger partial charge in [-0.1, -0.05) is 0 Å². The van der Waals surface area contributed by atoms with Crippen LogP contribution >= 0.6 is 27.3 Å². The summed E-state index contributed by atoms with van der Waals surface area (Å²) in [6.07, 6.45) is 4.60. The first kappa shape index (κ1) is 8.40. The van der Waals surface area contributed by atoms with Crippen molar-refractivity contribution < 1.29 is 4.79 Å². The second-order valence-corrected chi connectivity index (χ2v) is 3.56. The van der Waals surface area contributed by atoms with Crippen molar-refractivity contribution in [3.63, 3.8) is 0 Å². The van der Waals surface area contributed by atoms with Crippen molar-refractivity contribution >= 4 is 39.4 Å². The number of halogens is 1. The molecule has 4 heteroatoms. The summed E-state index contributed by atoms with van der Waals surface area (Å²) >= 11 is 4.89. The van der Waals surface area contributed by atoms with E-state index >= 15 is 0 Å². The molecule has 1 rings (SSSR count). The molecule has 0 bridgehead atoms. The second-order valence-electron chi connectivity index (χ2n) is 1.70. The van der Waals surface area contributed by atoms with Crippen molar-refractivity contribution in [1.82, 2.24) is 0 Å². The molecule has 0 fully saturated rings. The lowest BCUT2D eigenvalue weighted by Crippen LogP contribution is -1.54. The molecule has 11 heavy (non-hydrogen) atoms. The van der Waals surface area contributed by atoms with Gasteiger partial charge in [-0.25, -0.2) is 4.79 Å². The molecule has 1 aromatic rings. The summed E-state index contributed by atoms with van der Waals surface area (Å²) in [4.78, 5) is 14.0. The molecular formula is C7H4BrNOS. The molecule has 1 heterocycles. The van der Waals surface area contributed by atoms with Gasteiger partial charge in [0.25, 0.3) is 0 Å². The third-order valence-electron chi connectivity index (χ3n) is 0.954. The summed E-state index contributed by atoms with van der Waals surface area (Å²) in [6.45, 7) is 0. The lowest BCUT2D eigenvalue weighted by Gasteiger charge is -1.76. The standard InChI is InChI=1S/C7H4BrNOS/c8-6-3-7(11-4-6)1-2-9-5-10/h1-4H/b2-1+. The number of aliphatic imine (C=N–C) groups is 1. The Kier molecular flexibility index (Phi) is 3.23. The van der Waals surface area contributed by atoms with E-state index in [1.807, 2.05) is 11.4 Å². The number of nitrogens with zero attached hydrogens (tertiary/aromatic N) is 1. The molecule has 0 aliphatic heterocycles. The predicted molar refractivity (Wildman–Crippen MR) is 49.2 cm³/mol. The molecule has 1 aromatic heterocycles. The molecule has 0 saturated heterocycles. The van der Waals surface area contributed by atoms with Crippen LogP contribution in [-0.2, 0) is 4.79 Å². The first-order valence-corrected chi connectivity index (χ1v) is 4.48. The molecule has 0 N–H and O–H groups in total. The SMILES string of the molecule is O=C=N/C=C/c1cc(Br)cs1. The van der Waals surface area contributed by atoms with E-state index in [1.54, 1.807) is 17.4 Å². The van der Waals surface area contributed by atoms with Crippen LogP contribution in [0.15, 0.2) is 27.1 Å². The van der Waals surface area contributed by atoms with Crippen molar-refractivity contribution in [3.05, 3.63) is 27.0 Å². The average Bonchev–Trinajstić information content (AvgIpc) is 2.37. The van der Waals surface area contributed by atoms with Crippen LogP contribution in [0.25, 0.3) is 6.08 Å². The zero-order valence-corrected chi connectivity index (χ0v) is 7.85. The van der Waals surface area contributed by atoms with Gasteiger partial charge in [0.1, 0.15) is 0 Å². The van der Waals surface area contributed by atoms with E-state index in [9.17, 15) is 4.79 Å². The molecule has 0 atom stereocenters. The predicted octanol–water partition coefficient (Wildman–Crippen LogP) is 2.82. The highest BCUT2D eigenvalue weighted by molar-refractivity contribution is 9.10. The number of thiophene rings is 1. The van der Waals surface area contributed by atoms with E-state index in [0.29, 0.717) is 0 Å². The van der Waals surface area contributed by atoms with Gasteiger partial charge in [0.2, 0.25) is 6.08 Å². The minimum Gasteiger partial charge on any atom is -0.211 e. The summed E-state index contributed by atoms with van der Waals surface area (Å²) in [5.74, 6) is 0. The van der Waals surface area contributed by atoms with E-state index < -0.39 is 0 Å². The van der Waals surface area contributed by atoms with Gasteiger partial charge in [0.05, 0.1) is 0 Å². The van der Waals surface area contributed by atoms with Crippen LogP contribution in [0.3, 0.4) is 0 Å². The smallest absolute Gasteiger partial charge is 0.211 e. The van der Waals surface area contributed by atoms with Crippen LogP contribution in [0.4, 0.5) is 0 Å². The second kappa shape index (κ2) is 4.23. The Hall–Kier alpha value is -0.700. The molecule has 0 spiro atoms. The van der Waals surface area contributed by atoms with Crippen LogP contribution in [0.5, 0.6) is 0 Å². The highest BCUT2D eigenvalue weighted by atomic mass is 79.9. The Labute approximate surface area is 76.4 Å². The van der Waals surface area contributed by atoms with E-state index in [1.165, 1.54) is 12.3 Å². The van der Waals surface area contributed by atoms with Gasteiger partial charge in [-0.05, 0) is 28.1 Å². The zero-order valence-electron chi connectivity index (χ0n) is 5.45. The Morgan fingerprint density at radius 2 is 2.55 bits per heavy atom. The van der Waals surface area contributed by atoms with Crippen LogP contribution in [0, 0.1) is 0 Å². The van der Waals surface area contributed by atoms with Gasteiger partial charge in [0.15, 0.2) is 0 Å². The van der Waals surface area contributed by atoms with Crippen LogP contribution in [0.1, 0.15) is 4.88 Å². The largest absolute Gasteiger partial charge is 0.239 e. The van der Waals surface area contributed by atoms with Crippen molar-refractivity contribution in [3.8, 4) is 0 Å². The molecule has 2 nitrogen and oxygen atoms in total. The first-order chi connectivity index (χ1) is 5.33. The number of hydrogen-bond donors (Lipinski definition) is 0. The van der Waals surface area contributed by atoms with E-state index in [4.69, 9.17) is 0 Å². The number of rotatable bonds is 2. The molecule has 56 valence electrons. The zero-order chi connectivity index (χ0) is 8.10. The van der Waals surface area contributed by atoms with Gasteiger partial charge < -0.3 is 0 Å². The van der Waals surface area contributed by atoms with E-state index in [-0.39, 0.29) is 0 Å². The minimum atomic E-state index is 1.04. The maximum atomic E-state index is 9.65. The molecular weight excluding hydrogens is 226 g/mol. The van der Waals surface area contributed by atoms with Gasteiger partial charge in [-0.2, -0.15) is 4.99 Å². The van der Waals surface area contributed by atoms with Crippen LogP contribution in [0.2, 0.25) is 0 Å². The number of isocyanates is 1. The van der Waals surface area contributed by atoms with Crippen molar-refractivity contribution in [2.75, 3.05) is 0 Å². The lowest BCUT2D eigenvalue weighted by molar-refractivity contribution is 0.565. The molecule has 0 aliphatic carbocycles. The number of carbonyl (C=O) groups excluding carboxylic acids is 1. The maximum absolute atomic E-state index is 9.65. The number of hydrogen-bond acceptors (Lipinski definition) is 3. The van der Waals surface area contributed by atoms with Gasteiger partial charge in [-0.15, -0.1) is 11.3 Å². The van der Waals surface area contributed by atoms with E-state index in [0.717, 1.165) is 9.35 Å². The fourth-order valence-corrected chi connectivity index (χ4v) is 1.89. The van der Waals surface area contributed by atoms with Crippen LogP contribution in [-0.4, -0.2) is 6.08 Å². The summed E-state index contributed by atoms with van der Waals surface area (Å²) in [7, 11) is 0. The first-order valence-electron chi connectivity index (χ1n) is 2.80. The van der Waals surface area contributed by atoms with Crippen LogP contribution < -0.4 is 0 Å². The maximum Gasteiger partial charge on any atom is 0.239 e. The summed E-state index contributed by atoms with van der Waals surface area (Å²) in [5.41, 5.74) is 0. The molecule has 0 amide bonds. The minimum absolute atomic E-state index is 1.04. The summed E-state index contributed by atoms with van der Waals surface area (Å²) in [6, 6.07) is 1.95. The topological polar surface area (TPSA) is 29.4 Å². The Bertz CT molecular complexity index is 312. The Morgan fingerprint density at radius 1 is 1.73 bits per heavy atom. The average molecular weight is 230 g/mol. The van der Waals surface area contributed by atoms with E-state index in [2.05, 4.69) is 20.9 Å². The van der Waals surface area contributed by atoms with Crippen molar-refractivity contribution in [2.24, 2.45) is 4.99 Å².